The fraction of sp³-hybridized carbons (Fsp3) is 0.545. The molecule has 2 aromatic rings. The average molecular weight is 463 g/mol. The zero-order valence-corrected chi connectivity index (χ0v) is 18.9. The molecule has 10 heteroatoms. The van der Waals surface area contributed by atoms with Gasteiger partial charge in [-0.2, -0.15) is 4.98 Å². The van der Waals surface area contributed by atoms with Crippen molar-refractivity contribution < 1.29 is 23.8 Å². The Morgan fingerprint density at radius 1 is 1.38 bits per heavy atom. The fourth-order valence-corrected chi connectivity index (χ4v) is 3.80. The van der Waals surface area contributed by atoms with Crippen LogP contribution in [-0.4, -0.2) is 44.8 Å². The average Bonchev–Trinajstić information content (AvgIpc) is 3.34. The molecule has 2 aromatic heterocycles. The Bertz CT molecular complexity index is 1030. The van der Waals surface area contributed by atoms with E-state index in [0.29, 0.717) is 11.0 Å². The van der Waals surface area contributed by atoms with E-state index >= 15 is 0 Å². The standard InChI is InChI=1S/C22H27ClN4O5/c1-4-7-8-9-18(29)30-13-22(6-3)15(31-17(28)5-2)12-16(32-22)27-11-10-14-19(24)25-21(23)26-20(14)27/h3,10-11,15-16H,4-5,7-9,12-13H2,1-2H3,(H2,24,25,26)/t15-,16+,22+/m0/s1. The molecule has 0 aromatic carbocycles. The molecule has 0 aliphatic carbocycles. The number of carbonyl (C=O) groups is 2. The summed E-state index contributed by atoms with van der Waals surface area (Å²) >= 11 is 5.98. The number of nitrogen functional groups attached to an aromatic ring is 1. The van der Waals surface area contributed by atoms with Crippen molar-refractivity contribution in [2.75, 3.05) is 12.3 Å². The topological polar surface area (TPSA) is 119 Å². The zero-order chi connectivity index (χ0) is 23.3. The first-order chi connectivity index (χ1) is 15.3. The molecule has 3 rings (SSSR count). The van der Waals surface area contributed by atoms with Crippen LogP contribution in [-0.2, 0) is 23.8 Å². The predicted octanol–water partition coefficient (Wildman–Crippen LogP) is 3.40. The molecule has 172 valence electrons. The van der Waals surface area contributed by atoms with E-state index in [2.05, 4.69) is 22.8 Å². The molecule has 1 aliphatic rings. The van der Waals surface area contributed by atoms with Gasteiger partial charge >= 0.3 is 11.9 Å². The van der Waals surface area contributed by atoms with Gasteiger partial charge in [0.2, 0.25) is 10.9 Å². The van der Waals surface area contributed by atoms with Gasteiger partial charge in [0.25, 0.3) is 0 Å². The van der Waals surface area contributed by atoms with Gasteiger partial charge in [0.05, 0.1) is 5.39 Å². The SMILES string of the molecule is C#C[C@]1(COC(=O)CCCCC)O[C@@H](n2ccc3c(N)nc(Cl)nc32)C[C@@H]1OC(=O)CC. The predicted molar refractivity (Wildman–Crippen MR) is 119 cm³/mol. The number of aromatic nitrogens is 3. The smallest absolute Gasteiger partial charge is 0.305 e. The molecule has 3 atom stereocenters. The van der Waals surface area contributed by atoms with Gasteiger partial charge in [-0.3, -0.25) is 9.59 Å². The number of anilines is 1. The Kier molecular flexibility index (Phi) is 7.59. The van der Waals surface area contributed by atoms with Crippen LogP contribution < -0.4 is 5.73 Å². The van der Waals surface area contributed by atoms with Gasteiger partial charge < -0.3 is 24.5 Å². The fourth-order valence-electron chi connectivity index (χ4n) is 3.63. The molecule has 0 amide bonds. The zero-order valence-electron chi connectivity index (χ0n) is 18.2. The van der Waals surface area contributed by atoms with Crippen LogP contribution in [0.1, 0.15) is 58.6 Å². The second-order valence-electron chi connectivity index (χ2n) is 7.63. The van der Waals surface area contributed by atoms with Crippen molar-refractivity contribution in [3.05, 3.63) is 17.5 Å². The van der Waals surface area contributed by atoms with E-state index in [1.54, 1.807) is 23.8 Å². The Morgan fingerprint density at radius 3 is 2.84 bits per heavy atom. The monoisotopic (exact) mass is 462 g/mol. The number of hydrogen-bond acceptors (Lipinski definition) is 8. The van der Waals surface area contributed by atoms with Crippen LogP contribution in [0, 0.1) is 12.3 Å². The third-order valence-corrected chi connectivity index (χ3v) is 5.57. The Balaban J connectivity index is 1.86. The first kappa shape index (κ1) is 23.8. The molecule has 2 N–H and O–H groups in total. The Labute approximate surface area is 191 Å². The first-order valence-corrected chi connectivity index (χ1v) is 11.0. The van der Waals surface area contributed by atoms with Crippen molar-refractivity contribution in [2.24, 2.45) is 0 Å². The lowest BCUT2D eigenvalue weighted by Gasteiger charge is -2.28. The molecule has 0 bridgehead atoms. The van der Waals surface area contributed by atoms with Crippen LogP contribution in [0.15, 0.2) is 12.3 Å². The molecule has 1 fully saturated rings. The molecule has 3 heterocycles. The lowest BCUT2D eigenvalue weighted by Crippen LogP contribution is -2.45. The second kappa shape index (κ2) is 10.2. The van der Waals surface area contributed by atoms with E-state index in [1.807, 2.05) is 0 Å². The number of ether oxygens (including phenoxy) is 3. The second-order valence-corrected chi connectivity index (χ2v) is 7.97. The van der Waals surface area contributed by atoms with Crippen molar-refractivity contribution in [3.8, 4) is 12.3 Å². The number of fused-ring (bicyclic) bond motifs is 1. The summed E-state index contributed by atoms with van der Waals surface area (Å²) in [5.41, 5.74) is 4.96. The Hall–Kier alpha value is -2.83. The van der Waals surface area contributed by atoms with Crippen molar-refractivity contribution in [1.82, 2.24) is 14.5 Å². The number of unbranched alkanes of at least 4 members (excludes halogenated alkanes) is 2. The van der Waals surface area contributed by atoms with Gasteiger partial charge in [0.15, 0.2) is 0 Å². The van der Waals surface area contributed by atoms with Crippen molar-refractivity contribution in [3.63, 3.8) is 0 Å². The quantitative estimate of drug-likeness (QED) is 0.260. The number of hydrogen-bond donors (Lipinski definition) is 1. The normalized spacial score (nSPS) is 22.6. The first-order valence-electron chi connectivity index (χ1n) is 10.6. The lowest BCUT2D eigenvalue weighted by atomic mass is 9.98. The summed E-state index contributed by atoms with van der Waals surface area (Å²) in [7, 11) is 0. The lowest BCUT2D eigenvalue weighted by molar-refractivity contribution is -0.166. The van der Waals surface area contributed by atoms with Gasteiger partial charge in [0.1, 0.15) is 30.4 Å². The van der Waals surface area contributed by atoms with E-state index < -0.39 is 23.9 Å². The maximum absolute atomic E-state index is 12.2. The molecule has 0 radical (unpaired) electrons. The van der Waals surface area contributed by atoms with E-state index in [9.17, 15) is 9.59 Å². The van der Waals surface area contributed by atoms with Crippen LogP contribution >= 0.6 is 11.6 Å². The van der Waals surface area contributed by atoms with Gasteiger partial charge in [-0.25, -0.2) is 4.98 Å². The van der Waals surface area contributed by atoms with Crippen LogP contribution in [0.2, 0.25) is 5.28 Å². The maximum Gasteiger partial charge on any atom is 0.305 e. The summed E-state index contributed by atoms with van der Waals surface area (Å²) in [6, 6.07) is 1.74. The van der Waals surface area contributed by atoms with Crippen molar-refractivity contribution >= 4 is 40.4 Å². The number of nitrogens with zero attached hydrogens (tertiary/aromatic N) is 3. The third-order valence-electron chi connectivity index (χ3n) is 5.41. The number of halogens is 1. The molecule has 0 spiro atoms. The summed E-state index contributed by atoms with van der Waals surface area (Å²) in [5.74, 6) is 1.99. The molecule has 9 nitrogen and oxygen atoms in total. The van der Waals surface area contributed by atoms with Gasteiger partial charge in [0, 0.05) is 25.5 Å². The molecule has 0 unspecified atom stereocenters. The molecular weight excluding hydrogens is 436 g/mol. The van der Waals surface area contributed by atoms with Crippen LogP contribution in [0.4, 0.5) is 5.82 Å². The van der Waals surface area contributed by atoms with E-state index in [4.69, 9.17) is 38.0 Å². The largest absolute Gasteiger partial charge is 0.461 e. The molecule has 1 saturated heterocycles. The number of terminal acetylenes is 1. The highest BCUT2D eigenvalue weighted by Crippen LogP contribution is 2.40. The molecule has 1 aliphatic heterocycles. The number of nitrogens with two attached hydrogens (primary N) is 1. The number of rotatable bonds is 9. The molecule has 32 heavy (non-hydrogen) atoms. The van der Waals surface area contributed by atoms with Gasteiger partial charge in [-0.15, -0.1) is 6.42 Å². The summed E-state index contributed by atoms with van der Waals surface area (Å²) in [4.78, 5) is 32.4. The van der Waals surface area contributed by atoms with Crippen LogP contribution in [0.5, 0.6) is 0 Å². The Morgan fingerprint density at radius 2 is 2.16 bits per heavy atom. The van der Waals surface area contributed by atoms with E-state index in [-0.39, 0.29) is 42.9 Å². The minimum absolute atomic E-state index is 0.00821. The minimum Gasteiger partial charge on any atom is -0.461 e. The van der Waals surface area contributed by atoms with Crippen LogP contribution in [0.25, 0.3) is 11.0 Å². The van der Waals surface area contributed by atoms with E-state index in [0.717, 1.165) is 19.3 Å². The highest BCUT2D eigenvalue weighted by molar-refractivity contribution is 6.28. The molecule has 0 saturated carbocycles. The highest BCUT2D eigenvalue weighted by Gasteiger charge is 2.52. The summed E-state index contributed by atoms with van der Waals surface area (Å²) < 4.78 is 18.9. The summed E-state index contributed by atoms with van der Waals surface area (Å²) in [6.07, 6.45) is 9.42. The van der Waals surface area contributed by atoms with E-state index in [1.165, 1.54) is 0 Å². The van der Waals surface area contributed by atoms with Gasteiger partial charge in [-0.05, 0) is 24.1 Å². The number of carbonyl (C=O) groups excluding carboxylic acids is 2. The maximum atomic E-state index is 12.2. The summed E-state index contributed by atoms with van der Waals surface area (Å²) in [6.45, 7) is 3.50. The minimum atomic E-state index is -1.44. The van der Waals surface area contributed by atoms with Crippen molar-refractivity contribution in [2.45, 2.75) is 70.3 Å². The van der Waals surface area contributed by atoms with Gasteiger partial charge in [-0.1, -0.05) is 32.6 Å². The third kappa shape index (κ3) is 4.97. The summed E-state index contributed by atoms with van der Waals surface area (Å²) in [5, 5.41) is 0.590. The number of esters is 2. The highest BCUT2D eigenvalue weighted by atomic mass is 35.5. The van der Waals surface area contributed by atoms with Crippen molar-refractivity contribution in [1.29, 1.82) is 0 Å². The van der Waals surface area contributed by atoms with Crippen LogP contribution in [0.3, 0.4) is 0 Å². The molecular formula is C22H27ClN4O5.